The Bertz CT molecular complexity index is 554. The van der Waals surface area contributed by atoms with E-state index in [9.17, 15) is 20.0 Å². The highest BCUT2D eigenvalue weighted by Crippen LogP contribution is 2.34. The minimum Gasteiger partial charge on any atom is -0.478 e. The molecule has 0 radical (unpaired) electrons. The molecule has 6 heteroatoms. The second-order valence-electron chi connectivity index (χ2n) is 5.95. The van der Waals surface area contributed by atoms with Crippen molar-refractivity contribution in [2.24, 2.45) is 5.41 Å². The zero-order chi connectivity index (χ0) is 14.9. The predicted molar refractivity (Wildman–Crippen MR) is 75.3 cm³/mol. The lowest BCUT2D eigenvalue weighted by molar-refractivity contribution is -0.384. The van der Waals surface area contributed by atoms with E-state index in [4.69, 9.17) is 0 Å². The summed E-state index contributed by atoms with van der Waals surface area (Å²) >= 11 is 0. The molecule has 2 rings (SSSR count). The molecule has 1 heterocycles. The van der Waals surface area contributed by atoms with Crippen molar-refractivity contribution in [2.75, 3.05) is 18.0 Å². The van der Waals surface area contributed by atoms with Gasteiger partial charge in [-0.15, -0.1) is 0 Å². The van der Waals surface area contributed by atoms with Gasteiger partial charge in [0.2, 0.25) is 0 Å². The number of benzene rings is 1. The summed E-state index contributed by atoms with van der Waals surface area (Å²) in [7, 11) is 0. The van der Waals surface area contributed by atoms with E-state index in [0.717, 1.165) is 32.0 Å². The van der Waals surface area contributed by atoms with Gasteiger partial charge in [0.15, 0.2) is 0 Å². The van der Waals surface area contributed by atoms with Crippen LogP contribution in [0.2, 0.25) is 0 Å². The Kier molecular flexibility index (Phi) is 3.65. The number of anilines is 1. The first kappa shape index (κ1) is 14.3. The highest BCUT2D eigenvalue weighted by atomic mass is 16.6. The molecular formula is C14H18N2O4. The zero-order valence-electron chi connectivity index (χ0n) is 11.6. The van der Waals surface area contributed by atoms with Crippen molar-refractivity contribution in [3.8, 4) is 0 Å². The van der Waals surface area contributed by atoms with Gasteiger partial charge in [-0.1, -0.05) is 13.8 Å². The molecule has 6 nitrogen and oxygen atoms in total. The normalized spacial score (nSPS) is 17.8. The van der Waals surface area contributed by atoms with Crippen molar-refractivity contribution >= 4 is 17.3 Å². The van der Waals surface area contributed by atoms with E-state index in [-0.39, 0.29) is 16.7 Å². The Balaban J connectivity index is 2.40. The maximum absolute atomic E-state index is 11.4. The number of hydrogen-bond donors (Lipinski definition) is 1. The molecule has 1 saturated heterocycles. The van der Waals surface area contributed by atoms with Crippen LogP contribution in [0.15, 0.2) is 18.2 Å². The van der Waals surface area contributed by atoms with Crippen molar-refractivity contribution in [3.05, 3.63) is 33.9 Å². The minimum absolute atomic E-state index is 0.00287. The van der Waals surface area contributed by atoms with E-state index < -0.39 is 10.9 Å². The molecule has 1 fully saturated rings. The van der Waals surface area contributed by atoms with Crippen LogP contribution in [-0.4, -0.2) is 29.1 Å². The first-order chi connectivity index (χ1) is 9.30. The van der Waals surface area contributed by atoms with Crippen LogP contribution in [0.25, 0.3) is 0 Å². The molecule has 0 unspecified atom stereocenters. The maximum Gasteiger partial charge on any atom is 0.338 e. The molecule has 0 aromatic heterocycles. The van der Waals surface area contributed by atoms with Gasteiger partial charge in [-0.3, -0.25) is 10.1 Å². The van der Waals surface area contributed by atoms with Crippen LogP contribution >= 0.6 is 0 Å². The summed E-state index contributed by atoms with van der Waals surface area (Å²) in [6, 6.07) is 4.05. The number of rotatable bonds is 3. The van der Waals surface area contributed by atoms with Gasteiger partial charge in [-0.05, 0) is 24.3 Å². The van der Waals surface area contributed by atoms with E-state index in [0.29, 0.717) is 5.69 Å². The van der Waals surface area contributed by atoms with Gasteiger partial charge in [-0.25, -0.2) is 4.79 Å². The Morgan fingerprint density at radius 3 is 2.70 bits per heavy atom. The molecule has 0 spiro atoms. The molecule has 0 bridgehead atoms. The summed E-state index contributed by atoms with van der Waals surface area (Å²) in [5.41, 5.74) is 0.491. The van der Waals surface area contributed by atoms with Gasteiger partial charge in [0.1, 0.15) is 0 Å². The van der Waals surface area contributed by atoms with Gasteiger partial charge in [0, 0.05) is 25.2 Å². The van der Waals surface area contributed by atoms with E-state index in [1.165, 1.54) is 6.07 Å². The van der Waals surface area contributed by atoms with Crippen LogP contribution < -0.4 is 4.90 Å². The first-order valence-electron chi connectivity index (χ1n) is 6.57. The van der Waals surface area contributed by atoms with Crippen LogP contribution in [0.5, 0.6) is 0 Å². The van der Waals surface area contributed by atoms with Crippen molar-refractivity contribution in [1.82, 2.24) is 0 Å². The third kappa shape index (κ3) is 2.89. The molecule has 0 amide bonds. The first-order valence-corrected chi connectivity index (χ1v) is 6.57. The average molecular weight is 278 g/mol. The van der Waals surface area contributed by atoms with Crippen LogP contribution in [0.1, 0.15) is 37.0 Å². The molecule has 1 aliphatic heterocycles. The van der Waals surface area contributed by atoms with Crippen LogP contribution in [-0.2, 0) is 0 Å². The largest absolute Gasteiger partial charge is 0.478 e. The lowest BCUT2D eigenvalue weighted by Crippen LogP contribution is -2.40. The number of nitro benzene ring substituents is 1. The fourth-order valence-electron chi connectivity index (χ4n) is 2.71. The molecule has 108 valence electrons. The standard InChI is InChI=1S/C14H18N2O4/c1-14(2)6-3-7-15(9-14)12-5-4-10(16(19)20)8-11(12)13(17)18/h4-5,8H,3,6-7,9H2,1-2H3,(H,17,18). The number of piperidine rings is 1. The molecule has 1 aromatic rings. The quantitative estimate of drug-likeness (QED) is 0.678. The summed E-state index contributed by atoms with van der Waals surface area (Å²) in [4.78, 5) is 23.6. The van der Waals surface area contributed by atoms with Gasteiger partial charge >= 0.3 is 5.97 Å². The second-order valence-corrected chi connectivity index (χ2v) is 5.95. The van der Waals surface area contributed by atoms with Gasteiger partial charge in [-0.2, -0.15) is 0 Å². The molecule has 1 N–H and O–H groups in total. The fraction of sp³-hybridized carbons (Fsp3) is 0.500. The monoisotopic (exact) mass is 278 g/mol. The summed E-state index contributed by atoms with van der Waals surface area (Å²) in [6.07, 6.45) is 2.09. The molecular weight excluding hydrogens is 260 g/mol. The summed E-state index contributed by atoms with van der Waals surface area (Å²) < 4.78 is 0. The van der Waals surface area contributed by atoms with E-state index >= 15 is 0 Å². The molecule has 20 heavy (non-hydrogen) atoms. The fourth-order valence-corrected chi connectivity index (χ4v) is 2.71. The minimum atomic E-state index is -1.13. The number of nitrogens with zero attached hydrogens (tertiary/aromatic N) is 2. The summed E-state index contributed by atoms with van der Waals surface area (Å²) in [5.74, 6) is -1.13. The van der Waals surface area contributed by atoms with E-state index in [2.05, 4.69) is 13.8 Å². The van der Waals surface area contributed by atoms with Gasteiger partial charge < -0.3 is 10.0 Å². The number of non-ortho nitro benzene ring substituents is 1. The Morgan fingerprint density at radius 2 is 2.15 bits per heavy atom. The third-order valence-electron chi connectivity index (χ3n) is 3.66. The van der Waals surface area contributed by atoms with E-state index in [1.54, 1.807) is 6.07 Å². The predicted octanol–water partition coefficient (Wildman–Crippen LogP) is 2.92. The van der Waals surface area contributed by atoms with Gasteiger partial charge in [0.05, 0.1) is 16.2 Å². The third-order valence-corrected chi connectivity index (χ3v) is 3.66. The Hall–Kier alpha value is -2.11. The second kappa shape index (κ2) is 5.11. The molecule has 0 saturated carbocycles. The summed E-state index contributed by atoms with van der Waals surface area (Å²) in [6.45, 7) is 5.82. The highest BCUT2D eigenvalue weighted by Gasteiger charge is 2.29. The van der Waals surface area contributed by atoms with Crippen molar-refractivity contribution in [3.63, 3.8) is 0 Å². The lowest BCUT2D eigenvalue weighted by atomic mass is 9.84. The van der Waals surface area contributed by atoms with Crippen molar-refractivity contribution in [1.29, 1.82) is 0 Å². The van der Waals surface area contributed by atoms with Crippen LogP contribution in [0.4, 0.5) is 11.4 Å². The lowest BCUT2D eigenvalue weighted by Gasteiger charge is -2.39. The number of aromatic carboxylic acids is 1. The Morgan fingerprint density at radius 1 is 1.45 bits per heavy atom. The van der Waals surface area contributed by atoms with Crippen molar-refractivity contribution < 1.29 is 14.8 Å². The van der Waals surface area contributed by atoms with Crippen LogP contribution in [0, 0.1) is 15.5 Å². The SMILES string of the molecule is CC1(C)CCCN(c2ccc([N+](=O)[O-])cc2C(=O)O)C1. The van der Waals surface area contributed by atoms with E-state index in [1.807, 2.05) is 4.90 Å². The Labute approximate surface area is 117 Å². The molecule has 1 aliphatic rings. The van der Waals surface area contributed by atoms with Gasteiger partial charge in [0.25, 0.3) is 5.69 Å². The van der Waals surface area contributed by atoms with Crippen molar-refractivity contribution in [2.45, 2.75) is 26.7 Å². The number of hydrogen-bond acceptors (Lipinski definition) is 4. The highest BCUT2D eigenvalue weighted by molar-refractivity contribution is 5.95. The molecule has 0 atom stereocenters. The molecule has 0 aliphatic carbocycles. The molecule has 1 aromatic carbocycles. The van der Waals surface area contributed by atoms with Crippen LogP contribution in [0.3, 0.4) is 0 Å². The average Bonchev–Trinajstić information content (AvgIpc) is 2.36. The number of carboxylic acid groups (broad SMARTS) is 1. The number of carboxylic acids is 1. The number of nitro groups is 1. The number of carbonyl (C=O) groups is 1. The summed E-state index contributed by atoms with van der Waals surface area (Å²) in [5, 5.41) is 20.0. The maximum atomic E-state index is 11.4. The zero-order valence-corrected chi connectivity index (χ0v) is 11.6. The smallest absolute Gasteiger partial charge is 0.338 e. The topological polar surface area (TPSA) is 83.7 Å².